The van der Waals surface area contributed by atoms with E-state index in [1.54, 1.807) is 12.1 Å². The standard InChI is InChI=1S/C13H18FNOS/c14-12-4-6-13(7-5-12)17(16)11-3-10-15-8-1-2-9-15/h4-7H,1-3,8-11H2. The van der Waals surface area contributed by atoms with Crippen LogP contribution in [0.2, 0.25) is 0 Å². The SMILES string of the molecule is O=S(CCCN1CCCC1)c1ccc(F)cc1. The largest absolute Gasteiger partial charge is 0.303 e. The van der Waals surface area contributed by atoms with Crippen molar-refractivity contribution in [3.05, 3.63) is 30.1 Å². The highest BCUT2D eigenvalue weighted by Crippen LogP contribution is 2.11. The Hall–Kier alpha value is -0.740. The van der Waals surface area contributed by atoms with Crippen molar-refractivity contribution in [2.45, 2.75) is 24.2 Å². The Balaban J connectivity index is 1.75. The highest BCUT2D eigenvalue weighted by Gasteiger charge is 2.11. The lowest BCUT2D eigenvalue weighted by atomic mass is 10.4. The van der Waals surface area contributed by atoms with Crippen LogP contribution in [0.1, 0.15) is 19.3 Å². The zero-order chi connectivity index (χ0) is 12.1. The third kappa shape index (κ3) is 3.89. The van der Waals surface area contributed by atoms with Crippen molar-refractivity contribution in [3.63, 3.8) is 0 Å². The van der Waals surface area contributed by atoms with Gasteiger partial charge in [0.2, 0.25) is 0 Å². The van der Waals surface area contributed by atoms with Gasteiger partial charge in [-0.05, 0) is 63.2 Å². The maximum Gasteiger partial charge on any atom is 0.123 e. The molecule has 0 aliphatic carbocycles. The van der Waals surface area contributed by atoms with Crippen molar-refractivity contribution >= 4 is 10.8 Å². The van der Waals surface area contributed by atoms with Crippen LogP contribution >= 0.6 is 0 Å². The third-order valence-corrected chi connectivity index (χ3v) is 4.54. The third-order valence-electron chi connectivity index (χ3n) is 3.08. The normalized spacial score (nSPS) is 18.4. The molecule has 0 N–H and O–H groups in total. The first-order valence-corrected chi connectivity index (χ1v) is 7.44. The maximum absolute atomic E-state index is 12.7. The number of benzene rings is 1. The van der Waals surface area contributed by atoms with Crippen LogP contribution in [0.4, 0.5) is 4.39 Å². The number of hydrogen-bond acceptors (Lipinski definition) is 2. The fourth-order valence-electron chi connectivity index (χ4n) is 2.13. The van der Waals surface area contributed by atoms with Gasteiger partial charge in [-0.2, -0.15) is 0 Å². The highest BCUT2D eigenvalue weighted by atomic mass is 32.2. The molecule has 17 heavy (non-hydrogen) atoms. The van der Waals surface area contributed by atoms with Gasteiger partial charge in [-0.1, -0.05) is 0 Å². The molecule has 1 aliphatic heterocycles. The second-order valence-corrected chi connectivity index (χ2v) is 5.98. The maximum atomic E-state index is 12.7. The average molecular weight is 255 g/mol. The summed E-state index contributed by atoms with van der Waals surface area (Å²) < 4.78 is 24.6. The topological polar surface area (TPSA) is 20.3 Å². The molecule has 1 atom stereocenters. The van der Waals surface area contributed by atoms with Crippen LogP contribution in [0.5, 0.6) is 0 Å². The molecule has 4 heteroatoms. The summed E-state index contributed by atoms with van der Waals surface area (Å²) in [6.07, 6.45) is 3.53. The second kappa shape index (κ2) is 6.26. The van der Waals surface area contributed by atoms with Gasteiger partial charge in [-0.3, -0.25) is 4.21 Å². The van der Waals surface area contributed by atoms with Crippen LogP contribution in [0, 0.1) is 5.82 Å². The summed E-state index contributed by atoms with van der Waals surface area (Å²) in [5, 5.41) is 0. The van der Waals surface area contributed by atoms with Crippen LogP contribution in [-0.4, -0.2) is 34.5 Å². The molecule has 0 bridgehead atoms. The molecule has 1 heterocycles. The molecule has 1 aromatic carbocycles. The number of hydrogen-bond donors (Lipinski definition) is 0. The van der Waals surface area contributed by atoms with Gasteiger partial charge in [0.15, 0.2) is 0 Å². The van der Waals surface area contributed by atoms with E-state index in [-0.39, 0.29) is 5.82 Å². The Labute approximate surface area is 104 Å². The van der Waals surface area contributed by atoms with Gasteiger partial charge >= 0.3 is 0 Å². The van der Waals surface area contributed by atoms with Crippen molar-refractivity contribution in [1.29, 1.82) is 0 Å². The summed E-state index contributed by atoms with van der Waals surface area (Å²) in [5.41, 5.74) is 0. The molecule has 94 valence electrons. The van der Waals surface area contributed by atoms with E-state index in [0.717, 1.165) is 17.9 Å². The monoisotopic (exact) mass is 255 g/mol. The van der Waals surface area contributed by atoms with Crippen molar-refractivity contribution in [2.75, 3.05) is 25.4 Å². The molecule has 2 nitrogen and oxygen atoms in total. The molecular formula is C13H18FNOS. The number of rotatable bonds is 5. The molecule has 1 saturated heterocycles. The van der Waals surface area contributed by atoms with Crippen LogP contribution < -0.4 is 0 Å². The Morgan fingerprint density at radius 2 is 1.82 bits per heavy atom. The fourth-order valence-corrected chi connectivity index (χ4v) is 3.20. The van der Waals surface area contributed by atoms with Gasteiger partial charge in [-0.15, -0.1) is 0 Å². The van der Waals surface area contributed by atoms with E-state index in [1.807, 2.05) is 0 Å². The van der Waals surface area contributed by atoms with Crippen LogP contribution in [-0.2, 0) is 10.8 Å². The molecule has 0 spiro atoms. The quantitative estimate of drug-likeness (QED) is 0.805. The summed E-state index contributed by atoms with van der Waals surface area (Å²) in [4.78, 5) is 3.15. The van der Waals surface area contributed by atoms with E-state index in [9.17, 15) is 8.60 Å². The minimum atomic E-state index is -0.985. The first-order valence-electron chi connectivity index (χ1n) is 6.12. The minimum Gasteiger partial charge on any atom is -0.303 e. The highest BCUT2D eigenvalue weighted by molar-refractivity contribution is 7.85. The molecule has 2 rings (SSSR count). The van der Waals surface area contributed by atoms with E-state index >= 15 is 0 Å². The first kappa shape index (κ1) is 12.7. The molecule has 1 aliphatic rings. The molecular weight excluding hydrogens is 237 g/mol. The molecule has 1 fully saturated rings. The predicted molar refractivity (Wildman–Crippen MR) is 68.0 cm³/mol. The van der Waals surface area contributed by atoms with Crippen LogP contribution in [0.3, 0.4) is 0 Å². The fraction of sp³-hybridized carbons (Fsp3) is 0.538. The van der Waals surface area contributed by atoms with Crippen LogP contribution in [0.15, 0.2) is 29.2 Å². The van der Waals surface area contributed by atoms with Gasteiger partial charge < -0.3 is 4.90 Å². The lowest BCUT2D eigenvalue weighted by Gasteiger charge is -2.13. The van der Waals surface area contributed by atoms with Gasteiger partial charge in [0.05, 0.1) is 10.8 Å². The van der Waals surface area contributed by atoms with Crippen molar-refractivity contribution in [1.82, 2.24) is 4.90 Å². The molecule has 0 aromatic heterocycles. The molecule has 1 aromatic rings. The second-order valence-electron chi connectivity index (χ2n) is 4.41. The van der Waals surface area contributed by atoms with Gasteiger partial charge in [0.1, 0.15) is 5.82 Å². The number of likely N-dealkylation sites (tertiary alicyclic amines) is 1. The average Bonchev–Trinajstić information content (AvgIpc) is 2.83. The Bertz CT molecular complexity index is 374. The van der Waals surface area contributed by atoms with E-state index in [4.69, 9.17) is 0 Å². The minimum absolute atomic E-state index is 0.275. The smallest absolute Gasteiger partial charge is 0.123 e. The van der Waals surface area contributed by atoms with E-state index in [2.05, 4.69) is 4.90 Å². The number of halogens is 1. The predicted octanol–water partition coefficient (Wildman–Crippen LogP) is 2.42. The zero-order valence-corrected chi connectivity index (χ0v) is 10.7. The van der Waals surface area contributed by atoms with Gasteiger partial charge in [0, 0.05) is 10.6 Å². The summed E-state index contributed by atoms with van der Waals surface area (Å²) in [6, 6.07) is 5.96. The zero-order valence-electron chi connectivity index (χ0n) is 9.90. The summed E-state index contributed by atoms with van der Waals surface area (Å²) in [7, 11) is -0.985. The molecule has 0 amide bonds. The summed E-state index contributed by atoms with van der Waals surface area (Å²) >= 11 is 0. The Morgan fingerprint density at radius 1 is 1.18 bits per heavy atom. The summed E-state index contributed by atoms with van der Waals surface area (Å²) in [6.45, 7) is 3.40. The number of nitrogens with zero attached hydrogens (tertiary/aromatic N) is 1. The van der Waals surface area contributed by atoms with Gasteiger partial charge in [0.25, 0.3) is 0 Å². The van der Waals surface area contributed by atoms with E-state index in [1.165, 1.54) is 38.1 Å². The molecule has 0 saturated carbocycles. The van der Waals surface area contributed by atoms with E-state index in [0.29, 0.717) is 5.75 Å². The van der Waals surface area contributed by atoms with Gasteiger partial charge in [-0.25, -0.2) is 4.39 Å². The summed E-state index contributed by atoms with van der Waals surface area (Å²) in [5.74, 6) is 0.394. The van der Waals surface area contributed by atoms with E-state index < -0.39 is 10.8 Å². The molecule has 0 radical (unpaired) electrons. The van der Waals surface area contributed by atoms with Crippen molar-refractivity contribution in [3.8, 4) is 0 Å². The first-order chi connectivity index (χ1) is 8.25. The van der Waals surface area contributed by atoms with Crippen LogP contribution in [0.25, 0.3) is 0 Å². The molecule has 1 unspecified atom stereocenters. The Kier molecular flexibility index (Phi) is 4.68. The Morgan fingerprint density at radius 3 is 2.47 bits per heavy atom. The van der Waals surface area contributed by atoms with Crippen molar-refractivity contribution < 1.29 is 8.60 Å². The lowest BCUT2D eigenvalue weighted by Crippen LogP contribution is -2.21. The lowest BCUT2D eigenvalue weighted by molar-refractivity contribution is 0.340. The van der Waals surface area contributed by atoms with Crippen molar-refractivity contribution in [2.24, 2.45) is 0 Å².